The van der Waals surface area contributed by atoms with Crippen molar-refractivity contribution in [1.82, 2.24) is 4.98 Å². The first-order valence-electron chi connectivity index (χ1n) is 8.18. The highest BCUT2D eigenvalue weighted by Gasteiger charge is 2.30. The largest absolute Gasteiger partial charge is 0.478 e. The molecule has 0 amide bonds. The lowest BCUT2D eigenvalue weighted by Gasteiger charge is -2.11. The molecule has 26 heavy (non-hydrogen) atoms. The molecule has 1 fully saturated rings. The number of carboxylic acid groups (broad SMARTS) is 1. The summed E-state index contributed by atoms with van der Waals surface area (Å²) in [6, 6.07) is 11.6. The fourth-order valence-electron chi connectivity index (χ4n) is 3.10. The van der Waals surface area contributed by atoms with Gasteiger partial charge in [-0.15, -0.1) is 0 Å². The van der Waals surface area contributed by atoms with E-state index in [-0.39, 0.29) is 5.56 Å². The van der Waals surface area contributed by atoms with E-state index in [1.54, 1.807) is 12.1 Å². The highest BCUT2D eigenvalue weighted by Crippen LogP contribution is 2.44. The summed E-state index contributed by atoms with van der Waals surface area (Å²) in [7, 11) is 0. The molecule has 6 heteroatoms. The van der Waals surface area contributed by atoms with Gasteiger partial charge in [0.05, 0.1) is 22.3 Å². The van der Waals surface area contributed by atoms with Gasteiger partial charge in [-0.3, -0.25) is 0 Å². The number of pyridine rings is 1. The number of halogens is 3. The van der Waals surface area contributed by atoms with Crippen LogP contribution >= 0.6 is 0 Å². The maximum Gasteiger partial charge on any atom is 0.416 e. The van der Waals surface area contributed by atoms with Crippen LogP contribution in [0, 0.1) is 0 Å². The van der Waals surface area contributed by atoms with Crippen LogP contribution in [-0.4, -0.2) is 16.1 Å². The number of rotatable bonds is 3. The summed E-state index contributed by atoms with van der Waals surface area (Å²) in [5.41, 5.74) is 2.16. The van der Waals surface area contributed by atoms with E-state index in [4.69, 9.17) is 0 Å². The SMILES string of the molecule is O=C(O)c1ccc2c(C3CC3)cc(-c3ccc(C(F)(F)F)cc3)nc2c1. The van der Waals surface area contributed by atoms with Crippen LogP contribution in [0.2, 0.25) is 0 Å². The molecule has 1 saturated carbocycles. The Morgan fingerprint density at radius 2 is 1.73 bits per heavy atom. The molecule has 0 atom stereocenters. The Bertz CT molecular complexity index is 1010. The normalized spacial score (nSPS) is 14.6. The number of hydrogen-bond donors (Lipinski definition) is 1. The molecule has 1 heterocycles. The Morgan fingerprint density at radius 3 is 2.31 bits per heavy atom. The average Bonchev–Trinajstić information content (AvgIpc) is 3.44. The molecule has 3 nitrogen and oxygen atoms in total. The quantitative estimate of drug-likeness (QED) is 0.674. The summed E-state index contributed by atoms with van der Waals surface area (Å²) in [5.74, 6) is -0.647. The van der Waals surface area contributed by atoms with Gasteiger partial charge in [-0.25, -0.2) is 9.78 Å². The first-order valence-corrected chi connectivity index (χ1v) is 8.18. The minimum absolute atomic E-state index is 0.135. The predicted molar refractivity (Wildman–Crippen MR) is 91.1 cm³/mol. The minimum Gasteiger partial charge on any atom is -0.478 e. The number of aromatic nitrogens is 1. The van der Waals surface area contributed by atoms with Crippen molar-refractivity contribution in [2.75, 3.05) is 0 Å². The van der Waals surface area contributed by atoms with E-state index in [9.17, 15) is 23.1 Å². The van der Waals surface area contributed by atoms with Gasteiger partial charge in [0, 0.05) is 10.9 Å². The second-order valence-electron chi connectivity index (χ2n) is 6.48. The van der Waals surface area contributed by atoms with Crippen molar-refractivity contribution in [3.05, 3.63) is 65.2 Å². The summed E-state index contributed by atoms with van der Waals surface area (Å²) in [6.45, 7) is 0. The van der Waals surface area contributed by atoms with Crippen molar-refractivity contribution in [1.29, 1.82) is 0 Å². The van der Waals surface area contributed by atoms with Gasteiger partial charge in [-0.05, 0) is 54.7 Å². The van der Waals surface area contributed by atoms with Crippen molar-refractivity contribution in [3.63, 3.8) is 0 Å². The van der Waals surface area contributed by atoms with E-state index in [1.807, 2.05) is 6.07 Å². The summed E-state index contributed by atoms with van der Waals surface area (Å²) >= 11 is 0. The zero-order valence-electron chi connectivity index (χ0n) is 13.5. The Morgan fingerprint density at radius 1 is 1.04 bits per heavy atom. The van der Waals surface area contributed by atoms with E-state index >= 15 is 0 Å². The number of alkyl halides is 3. The lowest BCUT2D eigenvalue weighted by Crippen LogP contribution is -2.04. The number of carboxylic acids is 1. The monoisotopic (exact) mass is 357 g/mol. The summed E-state index contributed by atoms with van der Waals surface area (Å²) in [4.78, 5) is 15.7. The van der Waals surface area contributed by atoms with E-state index in [0.29, 0.717) is 22.7 Å². The standard InChI is InChI=1S/C20H14F3NO2/c21-20(22,23)14-6-3-12(4-7-14)17-10-16(11-1-2-11)15-8-5-13(19(25)26)9-18(15)24-17/h3-11H,1-2H2,(H,25,26). The van der Waals surface area contributed by atoms with Crippen LogP contribution in [0.5, 0.6) is 0 Å². The molecular weight excluding hydrogens is 343 g/mol. The lowest BCUT2D eigenvalue weighted by atomic mass is 9.99. The van der Waals surface area contributed by atoms with Gasteiger partial charge in [-0.1, -0.05) is 18.2 Å². The lowest BCUT2D eigenvalue weighted by molar-refractivity contribution is -0.137. The average molecular weight is 357 g/mol. The summed E-state index contributed by atoms with van der Waals surface area (Å²) in [5, 5.41) is 10.1. The van der Waals surface area contributed by atoms with Crippen molar-refractivity contribution in [2.45, 2.75) is 24.9 Å². The fraction of sp³-hybridized carbons (Fsp3) is 0.200. The first-order chi connectivity index (χ1) is 12.3. The van der Waals surface area contributed by atoms with Gasteiger partial charge in [0.2, 0.25) is 0 Å². The van der Waals surface area contributed by atoms with E-state index in [1.165, 1.54) is 18.2 Å². The van der Waals surface area contributed by atoms with Crippen molar-refractivity contribution in [3.8, 4) is 11.3 Å². The van der Waals surface area contributed by atoms with Crippen molar-refractivity contribution < 1.29 is 23.1 Å². The maximum absolute atomic E-state index is 12.8. The molecule has 3 aromatic rings. The van der Waals surface area contributed by atoms with Gasteiger partial charge in [-0.2, -0.15) is 13.2 Å². The van der Waals surface area contributed by atoms with Crippen molar-refractivity contribution >= 4 is 16.9 Å². The van der Waals surface area contributed by atoms with Crippen LogP contribution in [0.4, 0.5) is 13.2 Å². The van der Waals surface area contributed by atoms with Crippen LogP contribution in [0.25, 0.3) is 22.2 Å². The second-order valence-corrected chi connectivity index (χ2v) is 6.48. The number of benzene rings is 2. The molecule has 0 spiro atoms. The van der Waals surface area contributed by atoms with E-state index < -0.39 is 17.7 Å². The third-order valence-electron chi connectivity index (χ3n) is 4.61. The van der Waals surface area contributed by atoms with Crippen LogP contribution in [0.15, 0.2) is 48.5 Å². The zero-order chi connectivity index (χ0) is 18.5. The predicted octanol–water partition coefficient (Wildman–Crippen LogP) is 5.50. The number of carbonyl (C=O) groups is 1. The molecular formula is C20H14F3NO2. The highest BCUT2D eigenvalue weighted by molar-refractivity contribution is 5.95. The molecule has 4 rings (SSSR count). The molecule has 0 saturated heterocycles. The first kappa shape index (κ1) is 16.6. The van der Waals surface area contributed by atoms with Crippen molar-refractivity contribution in [2.24, 2.45) is 0 Å². The number of aromatic carboxylic acids is 1. The number of hydrogen-bond acceptors (Lipinski definition) is 2. The molecule has 0 radical (unpaired) electrons. The van der Waals surface area contributed by atoms with E-state index in [0.717, 1.165) is 35.9 Å². The van der Waals surface area contributed by atoms with Gasteiger partial charge < -0.3 is 5.11 Å². The molecule has 1 aliphatic rings. The zero-order valence-corrected chi connectivity index (χ0v) is 13.5. The van der Waals surface area contributed by atoms with E-state index in [2.05, 4.69) is 4.98 Å². The smallest absolute Gasteiger partial charge is 0.416 e. The third-order valence-corrected chi connectivity index (χ3v) is 4.61. The molecule has 2 aromatic carbocycles. The Balaban J connectivity index is 1.85. The molecule has 1 aliphatic carbocycles. The van der Waals surface area contributed by atoms with Crippen LogP contribution in [-0.2, 0) is 6.18 Å². The Hall–Kier alpha value is -2.89. The van der Waals surface area contributed by atoms with Crippen LogP contribution in [0.1, 0.15) is 40.2 Å². The van der Waals surface area contributed by atoms with Gasteiger partial charge in [0.25, 0.3) is 0 Å². The number of fused-ring (bicyclic) bond motifs is 1. The topological polar surface area (TPSA) is 50.2 Å². The van der Waals surface area contributed by atoms with Crippen LogP contribution in [0.3, 0.4) is 0 Å². The molecule has 1 aromatic heterocycles. The van der Waals surface area contributed by atoms with Gasteiger partial charge in [0.1, 0.15) is 0 Å². The molecule has 0 unspecified atom stereocenters. The highest BCUT2D eigenvalue weighted by atomic mass is 19.4. The maximum atomic E-state index is 12.8. The molecule has 0 bridgehead atoms. The van der Waals surface area contributed by atoms with Crippen LogP contribution < -0.4 is 0 Å². The fourth-order valence-corrected chi connectivity index (χ4v) is 3.10. The molecule has 0 aliphatic heterocycles. The Labute approximate surface area is 147 Å². The third kappa shape index (κ3) is 3.03. The second kappa shape index (κ2) is 5.83. The number of nitrogens with zero attached hydrogens (tertiary/aromatic N) is 1. The molecule has 1 N–H and O–H groups in total. The molecule has 132 valence electrons. The summed E-state index contributed by atoms with van der Waals surface area (Å²) in [6.07, 6.45) is -2.29. The van der Waals surface area contributed by atoms with Gasteiger partial charge >= 0.3 is 12.1 Å². The Kier molecular flexibility index (Phi) is 3.72. The van der Waals surface area contributed by atoms with Gasteiger partial charge in [0.15, 0.2) is 0 Å². The minimum atomic E-state index is -4.38. The summed E-state index contributed by atoms with van der Waals surface area (Å²) < 4.78 is 38.3.